The zero-order valence-corrected chi connectivity index (χ0v) is 11.6. The monoisotopic (exact) mass is 284 g/mol. The molecule has 0 spiro atoms. The van der Waals surface area contributed by atoms with Gasteiger partial charge in [0.2, 0.25) is 0 Å². The molecule has 0 saturated carbocycles. The van der Waals surface area contributed by atoms with Crippen molar-refractivity contribution in [3.63, 3.8) is 0 Å². The van der Waals surface area contributed by atoms with E-state index in [1.165, 1.54) is 12.3 Å². The summed E-state index contributed by atoms with van der Waals surface area (Å²) in [5, 5.41) is 9.23. The van der Waals surface area contributed by atoms with Crippen molar-refractivity contribution < 1.29 is 14.6 Å². The second-order valence-corrected chi connectivity index (χ2v) is 5.21. The maximum atomic E-state index is 10.8. The number of nitrogens with zero attached hydrogens (tertiary/aromatic N) is 2. The van der Waals surface area contributed by atoms with Gasteiger partial charge in [0.25, 0.3) is 0 Å². The van der Waals surface area contributed by atoms with E-state index in [2.05, 4.69) is 4.98 Å². The van der Waals surface area contributed by atoms with Crippen LogP contribution in [0.5, 0.6) is 0 Å². The minimum atomic E-state index is -1.02. The van der Waals surface area contributed by atoms with Crippen molar-refractivity contribution in [2.75, 3.05) is 31.7 Å². The van der Waals surface area contributed by atoms with Gasteiger partial charge in [-0.2, -0.15) is 0 Å². The molecule has 1 aliphatic heterocycles. The van der Waals surface area contributed by atoms with Crippen molar-refractivity contribution in [3.05, 3.63) is 22.8 Å². The molecule has 1 N–H and O–H groups in total. The third-order valence-electron chi connectivity index (χ3n) is 3.22. The topological polar surface area (TPSA) is 62.7 Å². The Kier molecular flexibility index (Phi) is 4.61. The molecule has 6 heteroatoms. The van der Waals surface area contributed by atoms with Gasteiger partial charge in [-0.05, 0) is 24.8 Å². The molecule has 0 aliphatic carbocycles. The predicted octanol–water partition coefficient (Wildman–Crippen LogP) is 2.30. The van der Waals surface area contributed by atoms with E-state index in [1.54, 1.807) is 0 Å². The van der Waals surface area contributed by atoms with E-state index in [-0.39, 0.29) is 5.56 Å². The lowest BCUT2D eigenvalue weighted by Crippen LogP contribution is -2.31. The van der Waals surface area contributed by atoms with Crippen molar-refractivity contribution in [3.8, 4) is 0 Å². The lowest BCUT2D eigenvalue weighted by atomic mass is 10.0. The summed E-state index contributed by atoms with van der Waals surface area (Å²) in [6.07, 6.45) is 3.55. The van der Waals surface area contributed by atoms with Crippen LogP contribution in [-0.2, 0) is 4.74 Å². The van der Waals surface area contributed by atoms with E-state index in [0.29, 0.717) is 16.8 Å². The average molecular weight is 285 g/mol. The minimum Gasteiger partial charge on any atom is -0.478 e. The summed E-state index contributed by atoms with van der Waals surface area (Å²) in [6.45, 7) is 2.40. The number of ether oxygens (including phenoxy) is 1. The number of carbonyl (C=O) groups is 1. The zero-order chi connectivity index (χ0) is 13.8. The summed E-state index contributed by atoms with van der Waals surface area (Å²) >= 11 is 6.09. The van der Waals surface area contributed by atoms with Crippen molar-refractivity contribution in [2.45, 2.75) is 12.8 Å². The highest BCUT2D eigenvalue weighted by molar-refractivity contribution is 6.33. The van der Waals surface area contributed by atoms with Crippen LogP contribution in [0.25, 0.3) is 0 Å². The molecule has 2 rings (SSSR count). The van der Waals surface area contributed by atoms with Crippen molar-refractivity contribution in [1.29, 1.82) is 0 Å². The van der Waals surface area contributed by atoms with Crippen molar-refractivity contribution in [1.82, 2.24) is 4.98 Å². The van der Waals surface area contributed by atoms with Crippen LogP contribution in [-0.4, -0.2) is 42.9 Å². The molecule has 19 heavy (non-hydrogen) atoms. The summed E-state index contributed by atoms with van der Waals surface area (Å²) in [5.41, 5.74) is 0.100. The normalized spacial score (nSPS) is 19.2. The van der Waals surface area contributed by atoms with Crippen molar-refractivity contribution in [2.24, 2.45) is 5.92 Å². The second-order valence-electron chi connectivity index (χ2n) is 4.80. The molecule has 0 bridgehead atoms. The van der Waals surface area contributed by atoms with Gasteiger partial charge in [0.1, 0.15) is 5.82 Å². The summed E-state index contributed by atoms with van der Waals surface area (Å²) in [4.78, 5) is 16.9. The van der Waals surface area contributed by atoms with Crippen LogP contribution in [0.15, 0.2) is 12.3 Å². The quantitative estimate of drug-likeness (QED) is 0.919. The molecular formula is C13H17ClN2O3. The van der Waals surface area contributed by atoms with E-state index in [4.69, 9.17) is 21.4 Å². The highest BCUT2D eigenvalue weighted by Gasteiger charge is 2.18. The molecule has 104 valence electrons. The Morgan fingerprint density at radius 1 is 1.68 bits per heavy atom. The van der Waals surface area contributed by atoms with Gasteiger partial charge in [-0.15, -0.1) is 0 Å². The second kappa shape index (κ2) is 6.21. The number of anilines is 1. The molecule has 0 aromatic carbocycles. The Labute approximate surface area is 117 Å². The van der Waals surface area contributed by atoms with Crippen LogP contribution in [0.2, 0.25) is 5.02 Å². The van der Waals surface area contributed by atoms with E-state index in [9.17, 15) is 4.79 Å². The predicted molar refractivity (Wildman–Crippen MR) is 73.0 cm³/mol. The molecule has 1 aromatic heterocycles. The number of hydrogen-bond donors (Lipinski definition) is 1. The van der Waals surface area contributed by atoms with Gasteiger partial charge in [-0.3, -0.25) is 0 Å². The zero-order valence-electron chi connectivity index (χ0n) is 10.8. The van der Waals surface area contributed by atoms with Gasteiger partial charge in [0.15, 0.2) is 0 Å². The Bertz CT molecular complexity index is 461. The van der Waals surface area contributed by atoms with Crippen molar-refractivity contribution >= 4 is 23.4 Å². The number of hydrogen-bond acceptors (Lipinski definition) is 4. The maximum Gasteiger partial charge on any atom is 0.337 e. The largest absolute Gasteiger partial charge is 0.478 e. The SMILES string of the molecule is CN(CC1CCCOC1)c1ncc(C(=O)O)cc1Cl. The summed E-state index contributed by atoms with van der Waals surface area (Å²) < 4.78 is 5.44. The van der Waals surface area contributed by atoms with E-state index >= 15 is 0 Å². The fourth-order valence-corrected chi connectivity index (χ4v) is 2.56. The van der Waals surface area contributed by atoms with E-state index in [1.807, 2.05) is 11.9 Å². The number of carboxylic acid groups (broad SMARTS) is 1. The smallest absolute Gasteiger partial charge is 0.337 e. The summed E-state index contributed by atoms with van der Waals surface area (Å²) in [5.74, 6) is 0.0530. The standard InChI is InChI=1S/C13H17ClN2O3/c1-16(7-9-3-2-4-19-8-9)12-11(14)5-10(6-15-12)13(17)18/h5-6,9H,2-4,7-8H2,1H3,(H,17,18). The fraction of sp³-hybridized carbons (Fsp3) is 0.538. The van der Waals surface area contributed by atoms with Crippen LogP contribution >= 0.6 is 11.6 Å². The first-order chi connectivity index (χ1) is 9.08. The lowest BCUT2D eigenvalue weighted by Gasteiger charge is -2.28. The summed E-state index contributed by atoms with van der Waals surface area (Å²) in [7, 11) is 1.91. The first-order valence-corrected chi connectivity index (χ1v) is 6.63. The van der Waals surface area contributed by atoms with Crippen LogP contribution in [0.3, 0.4) is 0 Å². The Balaban J connectivity index is 2.05. The molecular weight excluding hydrogens is 268 g/mol. The van der Waals surface area contributed by atoms with E-state index < -0.39 is 5.97 Å². The highest BCUT2D eigenvalue weighted by atomic mass is 35.5. The van der Waals surface area contributed by atoms with Gasteiger partial charge in [0.05, 0.1) is 17.2 Å². The van der Waals surface area contributed by atoms with Gasteiger partial charge < -0.3 is 14.7 Å². The first kappa shape index (κ1) is 14.1. The first-order valence-electron chi connectivity index (χ1n) is 6.25. The summed E-state index contributed by atoms with van der Waals surface area (Å²) in [6, 6.07) is 1.43. The number of carboxylic acids is 1. The van der Waals surface area contributed by atoms with Crippen LogP contribution in [0, 0.1) is 5.92 Å². The Morgan fingerprint density at radius 2 is 2.47 bits per heavy atom. The van der Waals surface area contributed by atoms with Crippen LogP contribution in [0.4, 0.5) is 5.82 Å². The fourth-order valence-electron chi connectivity index (χ4n) is 2.25. The minimum absolute atomic E-state index is 0.100. The number of aromatic nitrogens is 1. The van der Waals surface area contributed by atoms with Gasteiger partial charge >= 0.3 is 5.97 Å². The molecule has 2 heterocycles. The molecule has 1 aliphatic rings. The number of rotatable bonds is 4. The molecule has 1 atom stereocenters. The molecule has 1 saturated heterocycles. The molecule has 1 unspecified atom stereocenters. The molecule has 1 aromatic rings. The average Bonchev–Trinajstić information content (AvgIpc) is 2.39. The number of aromatic carboxylic acids is 1. The van der Waals surface area contributed by atoms with Crippen LogP contribution < -0.4 is 4.90 Å². The number of pyridine rings is 1. The lowest BCUT2D eigenvalue weighted by molar-refractivity contribution is 0.0576. The number of halogens is 1. The van der Waals surface area contributed by atoms with Gasteiger partial charge in [-0.25, -0.2) is 9.78 Å². The molecule has 0 radical (unpaired) electrons. The molecule has 1 fully saturated rings. The van der Waals surface area contributed by atoms with Crippen LogP contribution in [0.1, 0.15) is 23.2 Å². The molecule has 5 nitrogen and oxygen atoms in total. The maximum absolute atomic E-state index is 10.8. The van der Waals surface area contributed by atoms with E-state index in [0.717, 1.165) is 32.6 Å². The Hall–Kier alpha value is -1.33. The third kappa shape index (κ3) is 3.58. The van der Waals surface area contributed by atoms with Gasteiger partial charge in [0, 0.05) is 26.4 Å². The highest BCUT2D eigenvalue weighted by Crippen LogP contribution is 2.25. The Morgan fingerprint density at radius 3 is 3.05 bits per heavy atom. The molecule has 0 amide bonds. The van der Waals surface area contributed by atoms with Gasteiger partial charge in [-0.1, -0.05) is 11.6 Å². The third-order valence-corrected chi connectivity index (χ3v) is 3.50.